The first-order valence-corrected chi connectivity index (χ1v) is 7.90. The molecule has 0 aromatic rings. The van der Waals surface area contributed by atoms with E-state index in [2.05, 4.69) is 50.3 Å². The fourth-order valence-electron chi connectivity index (χ4n) is 1.86. The Balaban J connectivity index is 3.29. The van der Waals surface area contributed by atoms with Crippen LogP contribution in [0.1, 0.15) is 78.1 Å². The fourth-order valence-corrected chi connectivity index (χ4v) is 1.86. The molecule has 0 aliphatic carbocycles. The third-order valence-corrected chi connectivity index (χ3v) is 3.05. The predicted octanol–water partition coefficient (Wildman–Crippen LogP) is 6.60. The maximum atomic E-state index is 2.29. The van der Waals surface area contributed by atoms with Gasteiger partial charge in [-0.2, -0.15) is 0 Å². The van der Waals surface area contributed by atoms with Crippen LogP contribution < -0.4 is 0 Å². The topological polar surface area (TPSA) is 0 Å². The van der Waals surface area contributed by atoms with Crippen LogP contribution in [-0.4, -0.2) is 0 Å². The summed E-state index contributed by atoms with van der Waals surface area (Å²) in [6, 6.07) is 0. The third kappa shape index (κ3) is 15.2. The fraction of sp³-hybridized carbons (Fsp3) is 0.667. The van der Waals surface area contributed by atoms with Gasteiger partial charge in [-0.3, -0.25) is 0 Å². The molecule has 0 saturated carbocycles. The van der Waals surface area contributed by atoms with Gasteiger partial charge in [0.1, 0.15) is 0 Å². The summed E-state index contributed by atoms with van der Waals surface area (Å²) in [4.78, 5) is 0. The average Bonchev–Trinajstić information content (AvgIpc) is 2.39. The first-order chi connectivity index (χ1) is 8.91. The lowest BCUT2D eigenvalue weighted by molar-refractivity contribution is 0.637. The molecule has 0 amide bonds. The SMILES string of the molecule is CCCCC/C=C/C=C/C=C/CCCCCCC. The Labute approximate surface area is 115 Å². The summed E-state index contributed by atoms with van der Waals surface area (Å²) in [5.41, 5.74) is 0. The molecule has 0 N–H and O–H groups in total. The molecule has 0 unspecified atom stereocenters. The van der Waals surface area contributed by atoms with Gasteiger partial charge in [0.25, 0.3) is 0 Å². The van der Waals surface area contributed by atoms with Crippen LogP contribution in [0.25, 0.3) is 0 Å². The van der Waals surface area contributed by atoms with E-state index < -0.39 is 0 Å². The molecule has 0 bridgehead atoms. The molecule has 0 atom stereocenters. The number of unbranched alkanes of at least 4 members (excludes halogenated alkanes) is 8. The Morgan fingerprint density at radius 2 is 0.944 bits per heavy atom. The van der Waals surface area contributed by atoms with Gasteiger partial charge in [-0.1, -0.05) is 88.8 Å². The maximum Gasteiger partial charge on any atom is -0.0348 e. The van der Waals surface area contributed by atoms with Crippen molar-refractivity contribution in [1.29, 1.82) is 0 Å². The Morgan fingerprint density at radius 3 is 1.50 bits per heavy atom. The summed E-state index contributed by atoms with van der Waals surface area (Å²) in [6.07, 6.45) is 26.5. The zero-order valence-corrected chi connectivity index (χ0v) is 12.5. The third-order valence-electron chi connectivity index (χ3n) is 3.05. The number of allylic oxidation sites excluding steroid dienone is 6. The first kappa shape index (κ1) is 17.2. The Bertz CT molecular complexity index is 220. The van der Waals surface area contributed by atoms with E-state index in [9.17, 15) is 0 Å². The molecule has 18 heavy (non-hydrogen) atoms. The largest absolute Gasteiger partial charge is 0.0845 e. The zero-order valence-electron chi connectivity index (χ0n) is 12.5. The molecule has 0 spiro atoms. The van der Waals surface area contributed by atoms with Gasteiger partial charge in [0.2, 0.25) is 0 Å². The molecule has 0 aromatic heterocycles. The Morgan fingerprint density at radius 1 is 0.500 bits per heavy atom. The quantitative estimate of drug-likeness (QED) is 0.270. The van der Waals surface area contributed by atoms with Crippen molar-refractivity contribution in [2.24, 2.45) is 0 Å². The van der Waals surface area contributed by atoms with Crippen molar-refractivity contribution >= 4 is 0 Å². The van der Waals surface area contributed by atoms with Crippen molar-refractivity contribution in [3.05, 3.63) is 36.5 Å². The number of hydrogen-bond acceptors (Lipinski definition) is 0. The van der Waals surface area contributed by atoms with E-state index in [0.717, 1.165) is 0 Å². The van der Waals surface area contributed by atoms with Crippen LogP contribution in [0.15, 0.2) is 36.5 Å². The molecular weight excluding hydrogens is 216 g/mol. The lowest BCUT2D eigenvalue weighted by atomic mass is 10.1. The second kappa shape index (κ2) is 16.2. The second-order valence-corrected chi connectivity index (χ2v) is 4.94. The van der Waals surface area contributed by atoms with E-state index in [4.69, 9.17) is 0 Å². The summed E-state index contributed by atoms with van der Waals surface area (Å²) >= 11 is 0. The molecule has 0 heterocycles. The molecule has 0 radical (unpaired) electrons. The summed E-state index contributed by atoms with van der Waals surface area (Å²) in [6.45, 7) is 4.51. The Hall–Kier alpha value is -0.780. The van der Waals surface area contributed by atoms with Gasteiger partial charge in [-0.25, -0.2) is 0 Å². The number of rotatable bonds is 12. The van der Waals surface area contributed by atoms with Crippen molar-refractivity contribution in [3.63, 3.8) is 0 Å². The molecule has 0 heteroatoms. The molecule has 0 fully saturated rings. The van der Waals surface area contributed by atoms with E-state index in [1.807, 2.05) is 0 Å². The molecule has 0 aliphatic heterocycles. The monoisotopic (exact) mass is 248 g/mol. The van der Waals surface area contributed by atoms with E-state index in [-0.39, 0.29) is 0 Å². The van der Waals surface area contributed by atoms with Crippen molar-refractivity contribution in [1.82, 2.24) is 0 Å². The molecule has 0 aliphatic rings. The maximum absolute atomic E-state index is 2.29. The van der Waals surface area contributed by atoms with Crippen LogP contribution >= 0.6 is 0 Å². The van der Waals surface area contributed by atoms with Crippen LogP contribution in [0.5, 0.6) is 0 Å². The molecule has 0 saturated heterocycles. The van der Waals surface area contributed by atoms with Crippen LogP contribution in [0.4, 0.5) is 0 Å². The summed E-state index contributed by atoms with van der Waals surface area (Å²) < 4.78 is 0. The average molecular weight is 248 g/mol. The highest BCUT2D eigenvalue weighted by atomic mass is 13.9. The highest BCUT2D eigenvalue weighted by Crippen LogP contribution is 2.05. The summed E-state index contributed by atoms with van der Waals surface area (Å²) in [5, 5.41) is 0. The lowest BCUT2D eigenvalue weighted by Gasteiger charge is -1.95. The smallest absolute Gasteiger partial charge is 0.0348 e. The zero-order chi connectivity index (χ0) is 13.3. The van der Waals surface area contributed by atoms with Gasteiger partial charge < -0.3 is 0 Å². The predicted molar refractivity (Wildman–Crippen MR) is 84.9 cm³/mol. The van der Waals surface area contributed by atoms with Crippen molar-refractivity contribution in [2.45, 2.75) is 78.1 Å². The van der Waals surface area contributed by atoms with Crippen LogP contribution in [0.2, 0.25) is 0 Å². The van der Waals surface area contributed by atoms with Crippen LogP contribution in [0, 0.1) is 0 Å². The van der Waals surface area contributed by atoms with Gasteiger partial charge in [0.15, 0.2) is 0 Å². The molecule has 0 nitrogen and oxygen atoms in total. The minimum Gasteiger partial charge on any atom is -0.0845 e. The highest BCUT2D eigenvalue weighted by Gasteiger charge is 1.85. The van der Waals surface area contributed by atoms with Gasteiger partial charge >= 0.3 is 0 Å². The standard InChI is InChI=1S/C18H32/c1-3-5-7-9-11-13-15-17-18-16-14-12-10-8-6-4-2/h11,13,15-18H,3-10,12,14H2,1-2H3/b13-11+,17-15+,18-16+. The minimum atomic E-state index is 1.22. The first-order valence-electron chi connectivity index (χ1n) is 7.90. The summed E-state index contributed by atoms with van der Waals surface area (Å²) in [5.74, 6) is 0. The van der Waals surface area contributed by atoms with E-state index in [0.29, 0.717) is 0 Å². The van der Waals surface area contributed by atoms with Gasteiger partial charge in [0.05, 0.1) is 0 Å². The van der Waals surface area contributed by atoms with E-state index in [1.54, 1.807) is 0 Å². The molecule has 0 aromatic carbocycles. The number of hydrogen-bond donors (Lipinski definition) is 0. The van der Waals surface area contributed by atoms with E-state index >= 15 is 0 Å². The molecule has 0 rings (SSSR count). The molecule has 104 valence electrons. The van der Waals surface area contributed by atoms with Crippen LogP contribution in [0.3, 0.4) is 0 Å². The van der Waals surface area contributed by atoms with Crippen molar-refractivity contribution in [2.75, 3.05) is 0 Å². The molecular formula is C18H32. The highest BCUT2D eigenvalue weighted by molar-refractivity contribution is 5.10. The second-order valence-electron chi connectivity index (χ2n) is 4.94. The lowest BCUT2D eigenvalue weighted by Crippen LogP contribution is -1.75. The Kier molecular flexibility index (Phi) is 15.5. The van der Waals surface area contributed by atoms with Crippen LogP contribution in [-0.2, 0) is 0 Å². The summed E-state index contributed by atoms with van der Waals surface area (Å²) in [7, 11) is 0. The van der Waals surface area contributed by atoms with Gasteiger partial charge in [-0.15, -0.1) is 0 Å². The van der Waals surface area contributed by atoms with Gasteiger partial charge in [-0.05, 0) is 25.7 Å². The van der Waals surface area contributed by atoms with Crippen molar-refractivity contribution < 1.29 is 0 Å². The van der Waals surface area contributed by atoms with Crippen molar-refractivity contribution in [3.8, 4) is 0 Å². The minimum absolute atomic E-state index is 1.22. The van der Waals surface area contributed by atoms with E-state index in [1.165, 1.54) is 64.2 Å². The normalized spacial score (nSPS) is 12.3. The van der Waals surface area contributed by atoms with Gasteiger partial charge in [0, 0.05) is 0 Å².